The Bertz CT molecular complexity index is 1140. The van der Waals surface area contributed by atoms with Gasteiger partial charge in [0.15, 0.2) is 5.58 Å². The maximum Gasteiger partial charge on any atom is 0.419 e. The number of hydrogen-bond acceptors (Lipinski definition) is 5. The fraction of sp³-hybridized carbons (Fsp3) is 0.389. The fourth-order valence-electron chi connectivity index (χ4n) is 3.16. The number of oxazole rings is 1. The van der Waals surface area contributed by atoms with Crippen LogP contribution in [0.3, 0.4) is 0 Å². The summed E-state index contributed by atoms with van der Waals surface area (Å²) < 4.78 is 39.1. The summed E-state index contributed by atoms with van der Waals surface area (Å²) in [6.07, 6.45) is 1.11. The molecule has 3 aromatic rings. The first-order valence-corrected chi connectivity index (χ1v) is 9.86. The van der Waals surface area contributed by atoms with Crippen LogP contribution in [0, 0.1) is 5.92 Å². The second-order valence-electron chi connectivity index (χ2n) is 6.94. The van der Waals surface area contributed by atoms with Crippen LogP contribution < -0.4 is 5.76 Å². The van der Waals surface area contributed by atoms with Crippen molar-refractivity contribution in [2.45, 2.75) is 30.7 Å². The molecule has 2 aromatic heterocycles. The predicted molar refractivity (Wildman–Crippen MR) is 95.3 cm³/mol. The number of nitrogens with zero attached hydrogens (tertiary/aromatic N) is 2. The molecule has 2 atom stereocenters. The van der Waals surface area contributed by atoms with E-state index in [0.29, 0.717) is 23.1 Å². The van der Waals surface area contributed by atoms with Gasteiger partial charge in [0.05, 0.1) is 17.0 Å². The smallest absolute Gasteiger partial charge is 0.419 e. The molecule has 0 aliphatic heterocycles. The average Bonchev–Trinajstić information content (AvgIpc) is 3.02. The molecule has 2 unspecified atom stereocenters. The summed E-state index contributed by atoms with van der Waals surface area (Å²) in [6.45, 7) is 2.31. The number of rotatable bonds is 5. The molecule has 0 spiro atoms. The van der Waals surface area contributed by atoms with Crippen LogP contribution in [0.1, 0.15) is 30.8 Å². The first kappa shape index (κ1) is 17.1. The van der Waals surface area contributed by atoms with Crippen molar-refractivity contribution in [1.82, 2.24) is 8.87 Å². The summed E-state index contributed by atoms with van der Waals surface area (Å²) >= 11 is 0. The molecule has 26 heavy (non-hydrogen) atoms. The molecule has 1 aliphatic carbocycles. The maximum atomic E-state index is 12.8. The molecule has 7 nitrogen and oxygen atoms in total. The third-order valence-corrected chi connectivity index (χ3v) is 6.81. The van der Waals surface area contributed by atoms with Crippen molar-refractivity contribution < 1.29 is 17.3 Å². The van der Waals surface area contributed by atoms with Crippen LogP contribution in [-0.4, -0.2) is 24.3 Å². The van der Waals surface area contributed by atoms with Crippen molar-refractivity contribution in [3.8, 4) is 0 Å². The predicted octanol–water partition coefficient (Wildman–Crippen LogP) is 2.67. The molecule has 0 saturated heterocycles. The van der Waals surface area contributed by atoms with Crippen molar-refractivity contribution in [2.75, 3.05) is 7.05 Å². The highest BCUT2D eigenvalue weighted by molar-refractivity contribution is 7.89. The van der Waals surface area contributed by atoms with Crippen LogP contribution in [0.5, 0.6) is 0 Å². The number of hydrogen-bond donors (Lipinski definition) is 0. The van der Waals surface area contributed by atoms with E-state index >= 15 is 0 Å². The van der Waals surface area contributed by atoms with E-state index in [2.05, 4.69) is 6.92 Å². The minimum Gasteiger partial charge on any atom is -0.464 e. The van der Waals surface area contributed by atoms with E-state index in [-0.39, 0.29) is 17.0 Å². The lowest BCUT2D eigenvalue weighted by Crippen LogP contribution is -2.26. The average molecular weight is 376 g/mol. The van der Waals surface area contributed by atoms with Gasteiger partial charge in [-0.3, -0.25) is 4.57 Å². The number of aromatic nitrogens is 1. The first-order chi connectivity index (χ1) is 12.3. The molecule has 138 valence electrons. The van der Waals surface area contributed by atoms with Crippen LogP contribution in [-0.2, 0) is 23.6 Å². The highest BCUT2D eigenvalue weighted by atomic mass is 32.2. The molecule has 8 heteroatoms. The van der Waals surface area contributed by atoms with E-state index in [1.54, 1.807) is 13.1 Å². The Morgan fingerprint density at radius 1 is 1.23 bits per heavy atom. The Balaban J connectivity index is 1.59. The zero-order valence-electron chi connectivity index (χ0n) is 14.8. The molecule has 1 fully saturated rings. The van der Waals surface area contributed by atoms with Gasteiger partial charge in [0.2, 0.25) is 10.0 Å². The van der Waals surface area contributed by atoms with Gasteiger partial charge in [0.25, 0.3) is 0 Å². The van der Waals surface area contributed by atoms with Crippen LogP contribution in [0.15, 0.2) is 48.9 Å². The van der Waals surface area contributed by atoms with Gasteiger partial charge < -0.3 is 8.83 Å². The normalized spacial score (nSPS) is 20.2. The van der Waals surface area contributed by atoms with E-state index in [9.17, 15) is 13.2 Å². The van der Waals surface area contributed by atoms with E-state index in [1.165, 1.54) is 28.1 Å². The van der Waals surface area contributed by atoms with Crippen molar-refractivity contribution in [1.29, 1.82) is 0 Å². The van der Waals surface area contributed by atoms with Crippen molar-refractivity contribution in [2.24, 2.45) is 13.0 Å². The minimum absolute atomic E-state index is 0.0736. The van der Waals surface area contributed by atoms with Gasteiger partial charge in [-0.15, -0.1) is 0 Å². The maximum absolute atomic E-state index is 12.8. The molecular formula is C18H20N2O5S. The summed E-state index contributed by atoms with van der Waals surface area (Å²) in [4.78, 5) is 11.7. The quantitative estimate of drug-likeness (QED) is 0.683. The van der Waals surface area contributed by atoms with Gasteiger partial charge in [0, 0.05) is 26.1 Å². The highest BCUT2D eigenvalue weighted by Gasteiger charge is 2.36. The highest BCUT2D eigenvalue weighted by Crippen LogP contribution is 2.47. The van der Waals surface area contributed by atoms with Gasteiger partial charge >= 0.3 is 5.76 Å². The van der Waals surface area contributed by atoms with E-state index in [0.717, 1.165) is 12.2 Å². The molecule has 1 saturated carbocycles. The lowest BCUT2D eigenvalue weighted by molar-refractivity contribution is 0.390. The molecule has 4 rings (SSSR count). The van der Waals surface area contributed by atoms with Gasteiger partial charge in [0.1, 0.15) is 11.5 Å². The van der Waals surface area contributed by atoms with Crippen LogP contribution >= 0.6 is 0 Å². The standard InChI is InChI=1S/C18H20N2O5S/c1-11-8-14(11)16-7-4-12(24-16)10-19(2)26(22,23)13-5-6-15-17(9-13)25-18(21)20(15)3/h4-7,9,11,14H,8,10H2,1-3H3. The zero-order chi connectivity index (χ0) is 18.6. The molecule has 0 radical (unpaired) electrons. The molecule has 0 bridgehead atoms. The third-order valence-electron chi connectivity index (χ3n) is 5.01. The Kier molecular flexibility index (Phi) is 3.85. The lowest BCUT2D eigenvalue weighted by atomic mass is 10.3. The topological polar surface area (TPSA) is 85.7 Å². The molecule has 2 heterocycles. The Morgan fingerprint density at radius 3 is 2.65 bits per heavy atom. The molecule has 0 amide bonds. The Hall–Kier alpha value is -2.32. The Labute approximate surface area is 150 Å². The lowest BCUT2D eigenvalue weighted by Gasteiger charge is -2.16. The molecular weight excluding hydrogens is 356 g/mol. The monoisotopic (exact) mass is 376 g/mol. The second-order valence-corrected chi connectivity index (χ2v) is 8.99. The summed E-state index contributed by atoms with van der Waals surface area (Å²) in [5.74, 6) is 2.08. The van der Waals surface area contributed by atoms with E-state index in [4.69, 9.17) is 8.83 Å². The molecule has 1 aromatic carbocycles. The van der Waals surface area contributed by atoms with Gasteiger partial charge in [-0.1, -0.05) is 6.92 Å². The van der Waals surface area contributed by atoms with Gasteiger partial charge in [-0.2, -0.15) is 4.31 Å². The Morgan fingerprint density at radius 2 is 1.96 bits per heavy atom. The second kappa shape index (κ2) is 5.85. The van der Waals surface area contributed by atoms with Gasteiger partial charge in [-0.05, 0) is 36.6 Å². The largest absolute Gasteiger partial charge is 0.464 e. The summed E-state index contributed by atoms with van der Waals surface area (Å²) in [7, 11) is -0.661. The molecule has 1 aliphatic rings. The summed E-state index contributed by atoms with van der Waals surface area (Å²) in [5, 5.41) is 0. The van der Waals surface area contributed by atoms with Crippen molar-refractivity contribution in [3.05, 3.63) is 52.4 Å². The van der Waals surface area contributed by atoms with Crippen LogP contribution in [0.25, 0.3) is 11.1 Å². The fourth-order valence-corrected chi connectivity index (χ4v) is 4.31. The SMILES string of the molecule is CC1CC1c1ccc(CN(C)S(=O)(=O)c2ccc3c(c2)oc(=O)n3C)o1. The van der Waals surface area contributed by atoms with Crippen molar-refractivity contribution >= 4 is 21.1 Å². The number of fused-ring (bicyclic) bond motifs is 1. The first-order valence-electron chi connectivity index (χ1n) is 8.42. The number of sulfonamides is 1. The van der Waals surface area contributed by atoms with Crippen LogP contribution in [0.4, 0.5) is 0 Å². The number of furan rings is 1. The van der Waals surface area contributed by atoms with E-state index in [1.807, 2.05) is 12.1 Å². The minimum atomic E-state index is -3.74. The number of benzene rings is 1. The molecule has 0 N–H and O–H groups in total. The summed E-state index contributed by atoms with van der Waals surface area (Å²) in [6, 6.07) is 8.17. The van der Waals surface area contributed by atoms with Crippen molar-refractivity contribution in [3.63, 3.8) is 0 Å². The van der Waals surface area contributed by atoms with E-state index < -0.39 is 15.8 Å². The van der Waals surface area contributed by atoms with Crippen LogP contribution in [0.2, 0.25) is 0 Å². The summed E-state index contributed by atoms with van der Waals surface area (Å²) in [5.41, 5.74) is 0.792. The zero-order valence-corrected chi connectivity index (χ0v) is 15.6. The number of aryl methyl sites for hydroxylation is 1. The van der Waals surface area contributed by atoms with Gasteiger partial charge in [-0.25, -0.2) is 13.2 Å². The third kappa shape index (κ3) is 2.79.